The molecule has 0 saturated heterocycles. The standard InChI is InChI=1S/C14H11NOS/c16-14-13-9-5-4-6-11(13)10-15(14)17-12-7-2-1-3-8-12/h1-9H,10H2. The van der Waals surface area contributed by atoms with Crippen LogP contribution >= 0.6 is 11.9 Å². The Balaban J connectivity index is 1.83. The fraction of sp³-hybridized carbons (Fsp3) is 0.0714. The highest BCUT2D eigenvalue weighted by Crippen LogP contribution is 2.32. The van der Waals surface area contributed by atoms with Crippen LogP contribution in [0.1, 0.15) is 15.9 Å². The largest absolute Gasteiger partial charge is 0.274 e. The van der Waals surface area contributed by atoms with Gasteiger partial charge in [0.05, 0.1) is 6.54 Å². The van der Waals surface area contributed by atoms with Gasteiger partial charge in [-0.15, -0.1) is 0 Å². The summed E-state index contributed by atoms with van der Waals surface area (Å²) in [4.78, 5) is 13.2. The predicted octanol–water partition coefficient (Wildman–Crippen LogP) is 3.35. The molecule has 0 N–H and O–H groups in total. The van der Waals surface area contributed by atoms with Gasteiger partial charge in [-0.05, 0) is 35.7 Å². The van der Waals surface area contributed by atoms with Crippen LogP contribution in [0, 0.1) is 0 Å². The van der Waals surface area contributed by atoms with Crippen molar-refractivity contribution in [3.63, 3.8) is 0 Å². The number of fused-ring (bicyclic) bond motifs is 1. The number of benzene rings is 2. The van der Waals surface area contributed by atoms with Gasteiger partial charge in [0, 0.05) is 10.5 Å². The fourth-order valence-corrected chi connectivity index (χ4v) is 2.83. The number of hydrogen-bond acceptors (Lipinski definition) is 2. The molecule has 3 heteroatoms. The zero-order valence-electron chi connectivity index (χ0n) is 9.17. The van der Waals surface area contributed by atoms with E-state index in [-0.39, 0.29) is 5.91 Å². The molecule has 2 aromatic rings. The van der Waals surface area contributed by atoms with Crippen LogP contribution in [-0.4, -0.2) is 10.2 Å². The Morgan fingerprint density at radius 3 is 2.41 bits per heavy atom. The van der Waals surface area contributed by atoms with E-state index in [1.165, 1.54) is 11.9 Å². The number of nitrogens with zero attached hydrogens (tertiary/aromatic N) is 1. The third-order valence-electron chi connectivity index (χ3n) is 2.75. The lowest BCUT2D eigenvalue weighted by Crippen LogP contribution is -2.15. The van der Waals surface area contributed by atoms with Crippen molar-refractivity contribution in [3.05, 3.63) is 65.7 Å². The molecule has 0 aliphatic carbocycles. The molecule has 1 aliphatic rings. The van der Waals surface area contributed by atoms with Crippen LogP contribution in [0.15, 0.2) is 59.5 Å². The van der Waals surface area contributed by atoms with E-state index in [0.717, 1.165) is 16.0 Å². The summed E-state index contributed by atoms with van der Waals surface area (Å²) in [5.74, 6) is 0.106. The fourth-order valence-electron chi connectivity index (χ4n) is 1.91. The molecule has 3 rings (SSSR count). The van der Waals surface area contributed by atoms with E-state index >= 15 is 0 Å². The minimum Gasteiger partial charge on any atom is -0.274 e. The van der Waals surface area contributed by atoms with Crippen molar-refractivity contribution in [2.75, 3.05) is 0 Å². The van der Waals surface area contributed by atoms with Crippen molar-refractivity contribution >= 4 is 17.9 Å². The first-order valence-corrected chi connectivity index (χ1v) is 6.25. The molecule has 0 fully saturated rings. The highest BCUT2D eigenvalue weighted by atomic mass is 32.2. The van der Waals surface area contributed by atoms with Gasteiger partial charge in [0.15, 0.2) is 0 Å². The third kappa shape index (κ3) is 1.94. The van der Waals surface area contributed by atoms with Crippen LogP contribution in [0.5, 0.6) is 0 Å². The molecule has 17 heavy (non-hydrogen) atoms. The zero-order valence-corrected chi connectivity index (χ0v) is 9.98. The summed E-state index contributed by atoms with van der Waals surface area (Å²) < 4.78 is 1.81. The molecule has 0 bridgehead atoms. The van der Waals surface area contributed by atoms with Gasteiger partial charge in [-0.2, -0.15) is 0 Å². The van der Waals surface area contributed by atoms with Crippen LogP contribution in [0.2, 0.25) is 0 Å². The average molecular weight is 241 g/mol. The van der Waals surface area contributed by atoms with Gasteiger partial charge in [-0.25, -0.2) is 0 Å². The molecule has 1 heterocycles. The molecular formula is C14H11NOS. The Kier molecular flexibility index (Phi) is 2.61. The molecule has 0 spiro atoms. The number of amides is 1. The number of rotatable bonds is 2. The second kappa shape index (κ2) is 4.26. The predicted molar refractivity (Wildman–Crippen MR) is 68.6 cm³/mol. The Hall–Kier alpha value is -1.74. The zero-order chi connectivity index (χ0) is 11.7. The summed E-state index contributed by atoms with van der Waals surface area (Å²) in [5.41, 5.74) is 1.94. The maximum atomic E-state index is 12.1. The Labute approximate surface area is 104 Å². The van der Waals surface area contributed by atoms with Gasteiger partial charge in [0.2, 0.25) is 0 Å². The molecule has 0 saturated carbocycles. The van der Waals surface area contributed by atoms with Crippen molar-refractivity contribution in [2.24, 2.45) is 0 Å². The van der Waals surface area contributed by atoms with Gasteiger partial charge in [0.1, 0.15) is 0 Å². The number of carbonyl (C=O) groups excluding carboxylic acids is 1. The molecule has 0 atom stereocenters. The monoisotopic (exact) mass is 241 g/mol. The van der Waals surface area contributed by atoms with E-state index in [2.05, 4.69) is 0 Å². The normalized spacial score (nSPS) is 13.9. The molecule has 0 aromatic heterocycles. The van der Waals surface area contributed by atoms with Crippen molar-refractivity contribution in [2.45, 2.75) is 11.4 Å². The SMILES string of the molecule is O=C1c2ccccc2CN1Sc1ccccc1. The Bertz CT molecular complexity index is 553. The topological polar surface area (TPSA) is 20.3 Å². The first kappa shape index (κ1) is 10.4. The van der Waals surface area contributed by atoms with Gasteiger partial charge in [0.25, 0.3) is 5.91 Å². The van der Waals surface area contributed by atoms with E-state index in [0.29, 0.717) is 6.54 Å². The van der Waals surface area contributed by atoms with Crippen molar-refractivity contribution < 1.29 is 4.79 Å². The summed E-state index contributed by atoms with van der Waals surface area (Å²) in [5, 5.41) is 0. The second-order valence-corrected chi connectivity index (χ2v) is 5.00. The minimum atomic E-state index is 0.106. The van der Waals surface area contributed by atoms with Gasteiger partial charge in [-0.1, -0.05) is 36.4 Å². The molecule has 0 radical (unpaired) electrons. The minimum absolute atomic E-state index is 0.106. The molecule has 2 nitrogen and oxygen atoms in total. The van der Waals surface area contributed by atoms with Crippen LogP contribution in [0.4, 0.5) is 0 Å². The van der Waals surface area contributed by atoms with Gasteiger partial charge < -0.3 is 0 Å². The molecule has 1 aliphatic heterocycles. The summed E-state index contributed by atoms with van der Waals surface area (Å²) in [6, 6.07) is 17.8. The third-order valence-corrected chi connectivity index (χ3v) is 3.75. The molecule has 2 aromatic carbocycles. The Morgan fingerprint density at radius 2 is 1.65 bits per heavy atom. The van der Waals surface area contributed by atoms with Crippen molar-refractivity contribution in [1.82, 2.24) is 4.31 Å². The number of carbonyl (C=O) groups is 1. The lowest BCUT2D eigenvalue weighted by atomic mass is 10.1. The molecular weight excluding hydrogens is 230 g/mol. The second-order valence-electron chi connectivity index (χ2n) is 3.90. The van der Waals surface area contributed by atoms with Gasteiger partial charge in [-0.3, -0.25) is 9.10 Å². The smallest absolute Gasteiger partial charge is 0.264 e. The first-order chi connectivity index (χ1) is 8.34. The quantitative estimate of drug-likeness (QED) is 0.751. The first-order valence-electron chi connectivity index (χ1n) is 5.47. The van der Waals surface area contributed by atoms with Crippen LogP contribution in [0.25, 0.3) is 0 Å². The van der Waals surface area contributed by atoms with Crippen LogP contribution in [-0.2, 0) is 6.54 Å². The maximum absolute atomic E-state index is 12.1. The summed E-state index contributed by atoms with van der Waals surface area (Å²) in [6.45, 7) is 0.689. The van der Waals surface area contributed by atoms with Crippen LogP contribution < -0.4 is 0 Å². The van der Waals surface area contributed by atoms with E-state index in [1.54, 1.807) is 4.31 Å². The number of hydrogen-bond donors (Lipinski definition) is 0. The van der Waals surface area contributed by atoms with E-state index in [4.69, 9.17) is 0 Å². The van der Waals surface area contributed by atoms with Crippen LogP contribution in [0.3, 0.4) is 0 Å². The van der Waals surface area contributed by atoms with Gasteiger partial charge >= 0.3 is 0 Å². The van der Waals surface area contributed by atoms with Crippen molar-refractivity contribution in [3.8, 4) is 0 Å². The van der Waals surface area contributed by atoms with E-state index < -0.39 is 0 Å². The van der Waals surface area contributed by atoms with Crippen molar-refractivity contribution in [1.29, 1.82) is 0 Å². The van der Waals surface area contributed by atoms with E-state index in [9.17, 15) is 4.79 Å². The molecule has 1 amide bonds. The molecule has 84 valence electrons. The summed E-state index contributed by atoms with van der Waals surface area (Å²) >= 11 is 1.50. The Morgan fingerprint density at radius 1 is 0.941 bits per heavy atom. The molecule has 0 unspecified atom stereocenters. The highest BCUT2D eigenvalue weighted by molar-refractivity contribution is 7.97. The highest BCUT2D eigenvalue weighted by Gasteiger charge is 2.27. The maximum Gasteiger partial charge on any atom is 0.264 e. The summed E-state index contributed by atoms with van der Waals surface area (Å²) in [6.07, 6.45) is 0. The lowest BCUT2D eigenvalue weighted by molar-refractivity contribution is 0.0889. The lowest BCUT2D eigenvalue weighted by Gasteiger charge is -2.13. The summed E-state index contributed by atoms with van der Waals surface area (Å²) in [7, 11) is 0. The van der Waals surface area contributed by atoms with E-state index in [1.807, 2.05) is 54.6 Å². The average Bonchev–Trinajstić information content (AvgIpc) is 2.68.